The monoisotopic (exact) mass is 259 g/mol. The molecule has 2 nitrogen and oxygen atoms in total. The van der Waals surface area contributed by atoms with Crippen molar-refractivity contribution in [3.63, 3.8) is 0 Å². The van der Waals surface area contributed by atoms with Crippen LogP contribution >= 0.6 is 0 Å². The van der Waals surface area contributed by atoms with Crippen LogP contribution in [0.5, 0.6) is 0 Å². The SMILES string of the molecule is Cc1ccc(C(O)C(CN)c2cccc(F)c2)cc1. The second-order valence-corrected chi connectivity index (χ2v) is 4.75. The molecule has 2 unspecified atom stereocenters. The first-order chi connectivity index (χ1) is 9.11. The van der Waals surface area contributed by atoms with Gasteiger partial charge in [0.15, 0.2) is 0 Å². The van der Waals surface area contributed by atoms with Gasteiger partial charge in [-0.3, -0.25) is 0 Å². The van der Waals surface area contributed by atoms with Crippen molar-refractivity contribution in [1.29, 1.82) is 0 Å². The minimum absolute atomic E-state index is 0.262. The molecular weight excluding hydrogens is 241 g/mol. The maximum Gasteiger partial charge on any atom is 0.123 e. The lowest BCUT2D eigenvalue weighted by molar-refractivity contribution is 0.147. The van der Waals surface area contributed by atoms with Crippen LogP contribution < -0.4 is 5.73 Å². The van der Waals surface area contributed by atoms with E-state index in [2.05, 4.69) is 0 Å². The molecule has 0 fully saturated rings. The van der Waals surface area contributed by atoms with Gasteiger partial charge in [-0.1, -0.05) is 42.0 Å². The predicted octanol–water partition coefficient (Wildman–Crippen LogP) is 2.91. The predicted molar refractivity (Wildman–Crippen MR) is 74.3 cm³/mol. The van der Waals surface area contributed by atoms with Crippen molar-refractivity contribution in [2.75, 3.05) is 6.54 Å². The first-order valence-electron chi connectivity index (χ1n) is 6.32. The van der Waals surface area contributed by atoms with Crippen molar-refractivity contribution in [3.05, 3.63) is 71.0 Å². The van der Waals surface area contributed by atoms with Gasteiger partial charge < -0.3 is 10.8 Å². The number of rotatable bonds is 4. The number of nitrogens with two attached hydrogens (primary N) is 1. The summed E-state index contributed by atoms with van der Waals surface area (Å²) >= 11 is 0. The molecule has 3 N–H and O–H groups in total. The van der Waals surface area contributed by atoms with E-state index >= 15 is 0 Å². The quantitative estimate of drug-likeness (QED) is 0.886. The van der Waals surface area contributed by atoms with Crippen molar-refractivity contribution in [3.8, 4) is 0 Å². The Balaban J connectivity index is 2.28. The third-order valence-corrected chi connectivity index (χ3v) is 3.33. The summed E-state index contributed by atoms with van der Waals surface area (Å²) in [7, 11) is 0. The van der Waals surface area contributed by atoms with Crippen LogP contribution in [0.15, 0.2) is 48.5 Å². The molecule has 0 saturated heterocycles. The van der Waals surface area contributed by atoms with Gasteiger partial charge in [0, 0.05) is 12.5 Å². The van der Waals surface area contributed by atoms with E-state index in [1.54, 1.807) is 12.1 Å². The van der Waals surface area contributed by atoms with Gasteiger partial charge in [0.2, 0.25) is 0 Å². The Bertz CT molecular complexity index is 539. The molecule has 0 amide bonds. The largest absolute Gasteiger partial charge is 0.388 e. The molecule has 0 aliphatic carbocycles. The molecule has 0 bridgehead atoms. The molecule has 2 aromatic rings. The van der Waals surface area contributed by atoms with E-state index in [4.69, 9.17) is 5.73 Å². The van der Waals surface area contributed by atoms with E-state index in [1.807, 2.05) is 31.2 Å². The second kappa shape index (κ2) is 5.95. The highest BCUT2D eigenvalue weighted by Crippen LogP contribution is 2.30. The average Bonchev–Trinajstić information content (AvgIpc) is 2.40. The van der Waals surface area contributed by atoms with E-state index in [9.17, 15) is 9.50 Å². The molecule has 0 heterocycles. The second-order valence-electron chi connectivity index (χ2n) is 4.75. The van der Waals surface area contributed by atoms with Gasteiger partial charge in [-0.05, 0) is 30.2 Å². The summed E-state index contributed by atoms with van der Waals surface area (Å²) in [6, 6.07) is 13.9. The lowest BCUT2D eigenvalue weighted by Gasteiger charge is -2.22. The fraction of sp³-hybridized carbons (Fsp3) is 0.250. The highest BCUT2D eigenvalue weighted by Gasteiger charge is 2.21. The topological polar surface area (TPSA) is 46.2 Å². The molecule has 2 atom stereocenters. The summed E-state index contributed by atoms with van der Waals surface area (Å²) in [5, 5.41) is 10.4. The third kappa shape index (κ3) is 3.19. The highest BCUT2D eigenvalue weighted by atomic mass is 19.1. The third-order valence-electron chi connectivity index (χ3n) is 3.33. The Labute approximate surface area is 112 Å². The first kappa shape index (κ1) is 13.7. The maximum atomic E-state index is 13.3. The molecule has 0 aliphatic heterocycles. The molecule has 0 aromatic heterocycles. The van der Waals surface area contributed by atoms with Crippen molar-refractivity contribution < 1.29 is 9.50 Å². The fourth-order valence-corrected chi connectivity index (χ4v) is 2.18. The Morgan fingerprint density at radius 2 is 1.79 bits per heavy atom. The number of hydrogen-bond acceptors (Lipinski definition) is 2. The van der Waals surface area contributed by atoms with Gasteiger partial charge >= 0.3 is 0 Å². The first-order valence-corrected chi connectivity index (χ1v) is 6.32. The van der Waals surface area contributed by atoms with E-state index < -0.39 is 6.10 Å². The molecule has 2 rings (SSSR count). The molecule has 0 spiro atoms. The lowest BCUT2D eigenvalue weighted by atomic mass is 9.89. The van der Waals surface area contributed by atoms with Crippen LogP contribution in [-0.2, 0) is 0 Å². The number of halogens is 1. The molecule has 3 heteroatoms. The summed E-state index contributed by atoms with van der Waals surface area (Å²) in [6.07, 6.45) is -0.729. The zero-order valence-electron chi connectivity index (χ0n) is 10.9. The summed E-state index contributed by atoms with van der Waals surface area (Å²) in [5.74, 6) is -0.620. The molecule has 0 saturated carbocycles. The van der Waals surface area contributed by atoms with Crippen molar-refractivity contribution in [1.82, 2.24) is 0 Å². The maximum absolute atomic E-state index is 13.3. The Hall–Kier alpha value is -1.71. The Morgan fingerprint density at radius 3 is 2.37 bits per heavy atom. The minimum atomic E-state index is -0.729. The standard InChI is InChI=1S/C16H18FNO/c1-11-5-7-12(8-6-11)16(19)15(10-18)13-3-2-4-14(17)9-13/h2-9,15-16,19H,10,18H2,1H3. The van der Waals surface area contributed by atoms with Gasteiger partial charge in [-0.2, -0.15) is 0 Å². The van der Waals surface area contributed by atoms with Gasteiger partial charge in [-0.25, -0.2) is 4.39 Å². The molecule has 0 radical (unpaired) electrons. The molecular formula is C16H18FNO. The van der Waals surface area contributed by atoms with Gasteiger partial charge in [-0.15, -0.1) is 0 Å². The van der Waals surface area contributed by atoms with Crippen LogP contribution in [0.1, 0.15) is 28.7 Å². The number of aliphatic hydroxyl groups is 1. The van der Waals surface area contributed by atoms with Crippen LogP contribution in [-0.4, -0.2) is 11.7 Å². The highest BCUT2D eigenvalue weighted by molar-refractivity contribution is 5.29. The van der Waals surface area contributed by atoms with E-state index in [0.29, 0.717) is 0 Å². The van der Waals surface area contributed by atoms with Crippen LogP contribution in [0.25, 0.3) is 0 Å². The van der Waals surface area contributed by atoms with Crippen molar-refractivity contribution in [2.45, 2.75) is 18.9 Å². The van der Waals surface area contributed by atoms with Gasteiger partial charge in [0.1, 0.15) is 5.82 Å². The fourth-order valence-electron chi connectivity index (χ4n) is 2.18. The zero-order chi connectivity index (χ0) is 13.8. The van der Waals surface area contributed by atoms with Crippen molar-refractivity contribution in [2.24, 2.45) is 5.73 Å². The van der Waals surface area contributed by atoms with Crippen LogP contribution in [0.3, 0.4) is 0 Å². The summed E-state index contributed by atoms with van der Waals surface area (Å²) in [4.78, 5) is 0. The number of benzene rings is 2. The number of aliphatic hydroxyl groups excluding tert-OH is 1. The van der Waals surface area contributed by atoms with Gasteiger partial charge in [0.05, 0.1) is 6.10 Å². The molecule has 19 heavy (non-hydrogen) atoms. The summed E-state index contributed by atoms with van der Waals surface area (Å²) in [6.45, 7) is 2.25. The van der Waals surface area contributed by atoms with Gasteiger partial charge in [0.25, 0.3) is 0 Å². The van der Waals surface area contributed by atoms with E-state index in [-0.39, 0.29) is 18.3 Å². The smallest absolute Gasteiger partial charge is 0.123 e. The van der Waals surface area contributed by atoms with Crippen LogP contribution in [0, 0.1) is 12.7 Å². The van der Waals surface area contributed by atoms with E-state index in [1.165, 1.54) is 12.1 Å². The lowest BCUT2D eigenvalue weighted by Crippen LogP contribution is -2.20. The summed E-state index contributed by atoms with van der Waals surface area (Å²) in [5.41, 5.74) is 8.39. The van der Waals surface area contributed by atoms with Crippen molar-refractivity contribution >= 4 is 0 Å². The van der Waals surface area contributed by atoms with Crippen LogP contribution in [0.2, 0.25) is 0 Å². The van der Waals surface area contributed by atoms with Crippen LogP contribution in [0.4, 0.5) is 4.39 Å². The molecule has 2 aromatic carbocycles. The average molecular weight is 259 g/mol. The summed E-state index contributed by atoms with van der Waals surface area (Å²) < 4.78 is 13.3. The number of hydrogen-bond donors (Lipinski definition) is 2. The normalized spacial score (nSPS) is 14.1. The van der Waals surface area contributed by atoms with E-state index in [0.717, 1.165) is 16.7 Å². The molecule has 100 valence electrons. The zero-order valence-corrected chi connectivity index (χ0v) is 10.9. The molecule has 0 aliphatic rings. The minimum Gasteiger partial charge on any atom is -0.388 e. The Kier molecular flexibility index (Phi) is 4.30. The number of aryl methyl sites for hydroxylation is 1. The Morgan fingerprint density at radius 1 is 1.11 bits per heavy atom.